The van der Waals surface area contributed by atoms with E-state index in [-0.39, 0.29) is 22.9 Å². The molecule has 0 saturated heterocycles. The van der Waals surface area contributed by atoms with Crippen molar-refractivity contribution in [1.82, 2.24) is 9.97 Å². The number of hydrogen-bond acceptors (Lipinski definition) is 8. The van der Waals surface area contributed by atoms with Crippen LogP contribution in [-0.4, -0.2) is 52.8 Å². The Kier molecular flexibility index (Phi) is 7.29. The zero-order valence-electron chi connectivity index (χ0n) is 18.0. The number of halogens is 2. The Morgan fingerprint density at radius 3 is 2.75 bits per heavy atom. The normalized spacial score (nSPS) is 22.8. The number of alkyl halides is 1. The zero-order valence-corrected chi connectivity index (χ0v) is 18.8. The minimum atomic E-state index is -0.942. The van der Waals surface area contributed by atoms with Gasteiger partial charge in [0.15, 0.2) is 5.17 Å². The molecule has 8 nitrogen and oxygen atoms in total. The third-order valence-corrected chi connectivity index (χ3v) is 5.92. The van der Waals surface area contributed by atoms with E-state index in [4.69, 9.17) is 15.2 Å². The predicted octanol–water partition coefficient (Wildman–Crippen LogP) is 3.29. The third-order valence-electron chi connectivity index (χ3n) is 4.87. The molecule has 0 fully saturated rings. The molecule has 1 aliphatic rings. The van der Waals surface area contributed by atoms with E-state index < -0.39 is 23.9 Å². The number of methoxy groups -OCH3 is 1. The minimum absolute atomic E-state index is 0.0266. The van der Waals surface area contributed by atoms with Gasteiger partial charge in [0.25, 0.3) is 5.91 Å². The van der Waals surface area contributed by atoms with Gasteiger partial charge in [-0.1, -0.05) is 11.8 Å². The summed E-state index contributed by atoms with van der Waals surface area (Å²) in [5.41, 5.74) is 5.82. The van der Waals surface area contributed by atoms with Crippen LogP contribution in [0.25, 0.3) is 0 Å². The van der Waals surface area contributed by atoms with Crippen LogP contribution in [0.5, 0.6) is 5.88 Å². The van der Waals surface area contributed by atoms with Gasteiger partial charge in [0, 0.05) is 23.1 Å². The molecular formula is C21H25F2N5O3S. The highest BCUT2D eigenvalue weighted by molar-refractivity contribution is 8.15. The van der Waals surface area contributed by atoms with Gasteiger partial charge in [-0.15, -0.1) is 0 Å². The number of nitrogens with one attached hydrogen (secondary N) is 1. The number of ether oxygens (including phenoxy) is 2. The Morgan fingerprint density at radius 1 is 1.31 bits per heavy atom. The fourth-order valence-electron chi connectivity index (χ4n) is 3.73. The van der Waals surface area contributed by atoms with Crippen molar-refractivity contribution in [3.63, 3.8) is 0 Å². The van der Waals surface area contributed by atoms with Crippen LogP contribution in [0.4, 0.5) is 14.5 Å². The molecule has 0 unspecified atom stereocenters. The number of amidine groups is 1. The number of anilines is 1. The monoisotopic (exact) mass is 465 g/mol. The summed E-state index contributed by atoms with van der Waals surface area (Å²) in [6.45, 7) is 3.41. The molecule has 0 saturated carbocycles. The van der Waals surface area contributed by atoms with Gasteiger partial charge in [0.1, 0.15) is 24.8 Å². The lowest BCUT2D eigenvalue weighted by Crippen LogP contribution is -2.43. The Labute approximate surface area is 189 Å². The summed E-state index contributed by atoms with van der Waals surface area (Å²) in [7, 11) is 1.60. The topological polar surface area (TPSA) is 112 Å². The second-order valence-corrected chi connectivity index (χ2v) is 9.42. The van der Waals surface area contributed by atoms with Crippen molar-refractivity contribution in [2.75, 3.05) is 32.3 Å². The van der Waals surface area contributed by atoms with Crippen molar-refractivity contribution in [3.05, 3.63) is 47.7 Å². The second-order valence-electron chi connectivity index (χ2n) is 7.81. The summed E-state index contributed by atoms with van der Waals surface area (Å²) in [5.74, 6) is -0.882. The number of benzene rings is 1. The molecule has 0 spiro atoms. The number of hydrogen-bond donors (Lipinski definition) is 2. The van der Waals surface area contributed by atoms with Crippen molar-refractivity contribution in [3.8, 4) is 5.88 Å². The Hall–Kier alpha value is -2.79. The molecule has 172 valence electrons. The predicted molar refractivity (Wildman–Crippen MR) is 119 cm³/mol. The summed E-state index contributed by atoms with van der Waals surface area (Å²) in [4.78, 5) is 25.0. The highest BCUT2D eigenvalue weighted by Crippen LogP contribution is 2.46. The van der Waals surface area contributed by atoms with Gasteiger partial charge in [0.05, 0.1) is 24.5 Å². The van der Waals surface area contributed by atoms with E-state index >= 15 is 0 Å². The highest BCUT2D eigenvalue weighted by atomic mass is 32.2. The zero-order chi connectivity index (χ0) is 23.4. The Balaban J connectivity index is 1.82. The fraction of sp³-hybridized carbons (Fsp3) is 0.429. The molecule has 32 heavy (non-hydrogen) atoms. The fourth-order valence-corrected chi connectivity index (χ4v) is 5.01. The maximum absolute atomic E-state index is 14.8. The van der Waals surface area contributed by atoms with Crippen LogP contribution in [-0.2, 0) is 10.3 Å². The van der Waals surface area contributed by atoms with Gasteiger partial charge in [-0.25, -0.2) is 18.7 Å². The van der Waals surface area contributed by atoms with Crippen molar-refractivity contribution >= 4 is 28.5 Å². The molecule has 3 N–H and O–H groups in total. The first-order chi connectivity index (χ1) is 15.2. The summed E-state index contributed by atoms with van der Waals surface area (Å²) in [6.07, 6.45) is 2.93. The standard InChI is InChI=1S/C21H25F2N5O3S/c1-20(12-30-3)11-21(2,28-19(24)32-20)14-8-13(4-5-15(14)23)27-18(29)16-9-26-17(10-25-16)31-7-6-22/h4-5,8-10H,6-7,11-12H2,1-3H3,(H2,24,28)(H,27,29)/t20-,21+/m1/s1. The van der Waals surface area contributed by atoms with Gasteiger partial charge in [-0.3, -0.25) is 9.79 Å². The van der Waals surface area contributed by atoms with Crippen LogP contribution >= 0.6 is 11.8 Å². The molecule has 0 aliphatic carbocycles. The van der Waals surface area contributed by atoms with Gasteiger partial charge >= 0.3 is 0 Å². The number of aromatic nitrogens is 2. The Morgan fingerprint density at radius 2 is 2.09 bits per heavy atom. The van der Waals surface area contributed by atoms with Crippen molar-refractivity contribution < 1.29 is 23.0 Å². The summed E-state index contributed by atoms with van der Waals surface area (Å²) >= 11 is 1.40. The number of nitrogens with zero attached hydrogens (tertiary/aromatic N) is 3. The average Bonchev–Trinajstić information content (AvgIpc) is 2.72. The van der Waals surface area contributed by atoms with E-state index in [0.29, 0.717) is 29.4 Å². The van der Waals surface area contributed by atoms with Crippen LogP contribution in [0.3, 0.4) is 0 Å². The summed E-state index contributed by atoms with van der Waals surface area (Å²) in [6, 6.07) is 4.27. The van der Waals surface area contributed by atoms with E-state index in [1.165, 1.54) is 36.3 Å². The van der Waals surface area contributed by atoms with Crippen molar-refractivity contribution in [2.24, 2.45) is 10.7 Å². The number of carbonyl (C=O) groups is 1. The number of carbonyl (C=O) groups excluding carboxylic acids is 1. The highest BCUT2D eigenvalue weighted by Gasteiger charge is 2.43. The summed E-state index contributed by atoms with van der Waals surface area (Å²) < 4.78 is 37.0. The average molecular weight is 466 g/mol. The van der Waals surface area contributed by atoms with Gasteiger partial charge in [-0.05, 0) is 38.5 Å². The molecule has 1 aromatic carbocycles. The van der Waals surface area contributed by atoms with Gasteiger partial charge in [-0.2, -0.15) is 0 Å². The maximum Gasteiger partial charge on any atom is 0.275 e. The third kappa shape index (κ3) is 5.52. The number of rotatable bonds is 8. The molecule has 1 aliphatic heterocycles. The lowest BCUT2D eigenvalue weighted by atomic mass is 9.83. The van der Waals surface area contributed by atoms with Crippen LogP contribution in [0.2, 0.25) is 0 Å². The SMILES string of the molecule is COC[C@@]1(C)C[C@@](C)(c2cc(NC(=O)c3cnc(OCCF)cn3)ccc2F)N=C(N)S1. The van der Waals surface area contributed by atoms with Crippen molar-refractivity contribution in [2.45, 2.75) is 30.6 Å². The second kappa shape index (κ2) is 9.78. The number of aliphatic imine (C=N–C) groups is 1. The minimum Gasteiger partial charge on any atom is -0.474 e. The lowest BCUT2D eigenvalue weighted by molar-refractivity contribution is 0.102. The van der Waals surface area contributed by atoms with Gasteiger partial charge < -0.3 is 20.5 Å². The van der Waals surface area contributed by atoms with E-state index in [1.54, 1.807) is 20.1 Å². The van der Waals surface area contributed by atoms with E-state index in [9.17, 15) is 13.6 Å². The van der Waals surface area contributed by atoms with Crippen LogP contribution in [0.1, 0.15) is 36.3 Å². The first-order valence-electron chi connectivity index (χ1n) is 9.83. The first-order valence-corrected chi connectivity index (χ1v) is 10.7. The number of thioether (sulfide) groups is 1. The van der Waals surface area contributed by atoms with E-state index in [2.05, 4.69) is 20.3 Å². The summed E-state index contributed by atoms with van der Waals surface area (Å²) in [5, 5.41) is 3.03. The lowest BCUT2D eigenvalue weighted by Gasteiger charge is -2.41. The molecule has 0 radical (unpaired) electrons. The Bertz CT molecular complexity index is 1010. The van der Waals surface area contributed by atoms with Crippen LogP contribution in [0, 0.1) is 5.82 Å². The molecule has 1 aromatic heterocycles. The number of amides is 1. The molecule has 2 heterocycles. The molecule has 2 aromatic rings. The molecule has 11 heteroatoms. The molecular weight excluding hydrogens is 440 g/mol. The van der Waals surface area contributed by atoms with E-state index in [1.807, 2.05) is 6.92 Å². The van der Waals surface area contributed by atoms with Crippen molar-refractivity contribution in [1.29, 1.82) is 0 Å². The molecule has 3 rings (SSSR count). The largest absolute Gasteiger partial charge is 0.474 e. The smallest absolute Gasteiger partial charge is 0.275 e. The maximum atomic E-state index is 14.8. The number of nitrogens with two attached hydrogens (primary N) is 1. The molecule has 2 atom stereocenters. The van der Waals surface area contributed by atoms with Crippen LogP contribution in [0.15, 0.2) is 35.6 Å². The van der Waals surface area contributed by atoms with Crippen LogP contribution < -0.4 is 15.8 Å². The van der Waals surface area contributed by atoms with E-state index in [0.717, 1.165) is 0 Å². The molecule has 0 bridgehead atoms. The molecule has 1 amide bonds. The first kappa shape index (κ1) is 23.9. The van der Waals surface area contributed by atoms with Gasteiger partial charge in [0.2, 0.25) is 5.88 Å². The quantitative estimate of drug-likeness (QED) is 0.615.